The molecule has 4 nitrogen and oxygen atoms in total. The summed E-state index contributed by atoms with van der Waals surface area (Å²) in [4.78, 5) is 2.26. The van der Waals surface area contributed by atoms with Gasteiger partial charge in [-0.15, -0.1) is 0 Å². The van der Waals surface area contributed by atoms with E-state index in [1.54, 1.807) is 14.2 Å². The maximum absolute atomic E-state index is 5.60. The molecule has 1 aromatic carbocycles. The van der Waals surface area contributed by atoms with Gasteiger partial charge in [0.1, 0.15) is 11.5 Å². The van der Waals surface area contributed by atoms with Crippen molar-refractivity contribution in [3.05, 3.63) is 17.2 Å². The van der Waals surface area contributed by atoms with Crippen molar-refractivity contribution < 1.29 is 9.47 Å². The minimum absolute atomic E-state index is 0.724. The zero-order valence-corrected chi connectivity index (χ0v) is 12.5. The number of anilines is 1. The number of methoxy groups -OCH3 is 2. The van der Waals surface area contributed by atoms with Crippen LogP contribution in [0.2, 0.25) is 0 Å². The van der Waals surface area contributed by atoms with Gasteiger partial charge in [0.2, 0.25) is 0 Å². The Morgan fingerprint density at radius 1 is 1.21 bits per heavy atom. The molecule has 1 saturated heterocycles. The summed E-state index contributed by atoms with van der Waals surface area (Å²) in [5, 5.41) is 3.31. The van der Waals surface area contributed by atoms with Gasteiger partial charge in [0.05, 0.1) is 19.9 Å². The van der Waals surface area contributed by atoms with E-state index in [9.17, 15) is 0 Å². The minimum atomic E-state index is 0.724. The summed E-state index contributed by atoms with van der Waals surface area (Å²) in [5.74, 6) is 2.60. The van der Waals surface area contributed by atoms with Crippen LogP contribution in [-0.2, 0) is 0 Å². The van der Waals surface area contributed by atoms with Crippen molar-refractivity contribution in [2.75, 3.05) is 45.8 Å². The summed E-state index contributed by atoms with van der Waals surface area (Å²) in [7, 11) is 5.56. The first kappa shape index (κ1) is 14.0. The van der Waals surface area contributed by atoms with Gasteiger partial charge < -0.3 is 19.7 Å². The van der Waals surface area contributed by atoms with E-state index in [-0.39, 0.29) is 0 Å². The molecule has 2 rings (SSSR count). The molecule has 0 spiro atoms. The van der Waals surface area contributed by atoms with Gasteiger partial charge in [0, 0.05) is 38.7 Å². The van der Waals surface area contributed by atoms with Crippen molar-refractivity contribution in [3.8, 4) is 11.5 Å². The van der Waals surface area contributed by atoms with Crippen molar-refractivity contribution in [1.82, 2.24) is 5.32 Å². The minimum Gasteiger partial charge on any atom is -0.496 e. The second kappa shape index (κ2) is 5.70. The molecule has 1 heterocycles. The van der Waals surface area contributed by atoms with Crippen LogP contribution in [0.25, 0.3) is 0 Å². The van der Waals surface area contributed by atoms with Gasteiger partial charge in [0.25, 0.3) is 0 Å². The SMILES string of the molecule is COc1cc(N(C)CC2CNC2)c(OC)c(C)c1C. The van der Waals surface area contributed by atoms with E-state index in [0.717, 1.165) is 53.9 Å². The fourth-order valence-electron chi connectivity index (χ4n) is 2.56. The van der Waals surface area contributed by atoms with Gasteiger partial charge in [-0.1, -0.05) is 0 Å². The number of benzene rings is 1. The van der Waals surface area contributed by atoms with Gasteiger partial charge >= 0.3 is 0 Å². The number of nitrogens with one attached hydrogen (secondary N) is 1. The lowest BCUT2D eigenvalue weighted by atomic mass is 10.0. The third-order valence-corrected chi connectivity index (χ3v) is 4.01. The van der Waals surface area contributed by atoms with Gasteiger partial charge in [-0.3, -0.25) is 0 Å². The van der Waals surface area contributed by atoms with E-state index in [1.807, 2.05) is 0 Å². The molecule has 0 saturated carbocycles. The molecule has 0 radical (unpaired) electrons. The fourth-order valence-corrected chi connectivity index (χ4v) is 2.56. The summed E-state index contributed by atoms with van der Waals surface area (Å²) < 4.78 is 11.1. The van der Waals surface area contributed by atoms with Gasteiger partial charge in [-0.2, -0.15) is 0 Å². The van der Waals surface area contributed by atoms with Crippen molar-refractivity contribution in [3.63, 3.8) is 0 Å². The van der Waals surface area contributed by atoms with Crippen LogP contribution in [0.4, 0.5) is 5.69 Å². The van der Waals surface area contributed by atoms with E-state index in [4.69, 9.17) is 9.47 Å². The topological polar surface area (TPSA) is 33.7 Å². The molecule has 4 heteroatoms. The van der Waals surface area contributed by atoms with E-state index in [0.29, 0.717) is 0 Å². The molecule has 0 aliphatic carbocycles. The Morgan fingerprint density at radius 3 is 2.37 bits per heavy atom. The van der Waals surface area contributed by atoms with E-state index in [1.165, 1.54) is 0 Å². The quantitative estimate of drug-likeness (QED) is 0.881. The lowest BCUT2D eigenvalue weighted by Crippen LogP contribution is -2.47. The third-order valence-electron chi connectivity index (χ3n) is 4.01. The predicted molar refractivity (Wildman–Crippen MR) is 78.6 cm³/mol. The number of hydrogen-bond donors (Lipinski definition) is 1. The van der Waals surface area contributed by atoms with E-state index >= 15 is 0 Å². The number of nitrogens with zero attached hydrogens (tertiary/aromatic N) is 1. The molecular weight excluding hydrogens is 240 g/mol. The monoisotopic (exact) mass is 264 g/mol. The van der Waals surface area contributed by atoms with Gasteiger partial charge in [-0.05, 0) is 25.0 Å². The van der Waals surface area contributed by atoms with Crippen molar-refractivity contribution in [1.29, 1.82) is 0 Å². The molecule has 1 aliphatic heterocycles. The highest BCUT2D eigenvalue weighted by Crippen LogP contribution is 2.39. The Kier molecular flexibility index (Phi) is 4.20. The first-order valence-electron chi connectivity index (χ1n) is 6.72. The first-order chi connectivity index (χ1) is 9.08. The molecular formula is C15H24N2O2. The summed E-state index contributed by atoms with van der Waals surface area (Å²) in [6.07, 6.45) is 0. The fraction of sp³-hybridized carbons (Fsp3) is 0.600. The van der Waals surface area contributed by atoms with Crippen LogP contribution >= 0.6 is 0 Å². The van der Waals surface area contributed by atoms with E-state index < -0.39 is 0 Å². The van der Waals surface area contributed by atoms with Crippen LogP contribution in [0.3, 0.4) is 0 Å². The predicted octanol–water partition coefficient (Wildman–Crippen LogP) is 1.98. The summed E-state index contributed by atoms with van der Waals surface area (Å²) in [6.45, 7) is 7.40. The first-order valence-corrected chi connectivity index (χ1v) is 6.72. The second-order valence-electron chi connectivity index (χ2n) is 5.29. The number of ether oxygens (including phenoxy) is 2. The highest BCUT2D eigenvalue weighted by molar-refractivity contribution is 5.67. The second-order valence-corrected chi connectivity index (χ2v) is 5.29. The maximum atomic E-state index is 5.60. The highest BCUT2D eigenvalue weighted by Gasteiger charge is 2.22. The third kappa shape index (κ3) is 2.63. The van der Waals surface area contributed by atoms with Crippen LogP contribution < -0.4 is 19.7 Å². The Balaban J connectivity index is 2.33. The molecule has 1 aromatic rings. The molecule has 1 N–H and O–H groups in total. The van der Waals surface area contributed by atoms with Crippen LogP contribution in [-0.4, -0.2) is 40.9 Å². The summed E-state index contributed by atoms with van der Waals surface area (Å²) >= 11 is 0. The Bertz CT molecular complexity index is 456. The molecule has 0 atom stereocenters. The molecule has 106 valence electrons. The van der Waals surface area contributed by atoms with Crippen molar-refractivity contribution in [2.45, 2.75) is 13.8 Å². The van der Waals surface area contributed by atoms with Crippen molar-refractivity contribution in [2.24, 2.45) is 5.92 Å². The van der Waals surface area contributed by atoms with Crippen LogP contribution in [0, 0.1) is 19.8 Å². The number of rotatable bonds is 5. The Morgan fingerprint density at radius 2 is 1.89 bits per heavy atom. The smallest absolute Gasteiger partial charge is 0.145 e. The summed E-state index contributed by atoms with van der Waals surface area (Å²) in [6, 6.07) is 2.08. The summed E-state index contributed by atoms with van der Waals surface area (Å²) in [5.41, 5.74) is 3.39. The molecule has 1 aliphatic rings. The average Bonchev–Trinajstić information content (AvgIpc) is 2.36. The lowest BCUT2D eigenvalue weighted by Gasteiger charge is -2.33. The molecule has 0 aromatic heterocycles. The van der Waals surface area contributed by atoms with Crippen LogP contribution in [0.15, 0.2) is 6.07 Å². The molecule has 0 amide bonds. The highest BCUT2D eigenvalue weighted by atomic mass is 16.5. The standard InChI is InChI=1S/C15H24N2O2/c1-10-11(2)15(19-5)13(6-14(10)18-4)17(3)9-12-7-16-8-12/h6,12,16H,7-9H2,1-5H3. The zero-order valence-electron chi connectivity index (χ0n) is 12.5. The van der Waals surface area contributed by atoms with Crippen molar-refractivity contribution >= 4 is 5.69 Å². The van der Waals surface area contributed by atoms with Gasteiger partial charge in [0.15, 0.2) is 0 Å². The largest absolute Gasteiger partial charge is 0.496 e. The van der Waals surface area contributed by atoms with Crippen LogP contribution in [0.5, 0.6) is 11.5 Å². The lowest BCUT2D eigenvalue weighted by molar-refractivity contribution is 0.350. The Labute approximate surface area is 115 Å². The molecule has 19 heavy (non-hydrogen) atoms. The molecule has 0 bridgehead atoms. The normalized spacial score (nSPS) is 15.0. The molecule has 0 unspecified atom stereocenters. The number of hydrogen-bond acceptors (Lipinski definition) is 4. The van der Waals surface area contributed by atoms with Gasteiger partial charge in [-0.25, -0.2) is 0 Å². The Hall–Kier alpha value is -1.42. The maximum Gasteiger partial charge on any atom is 0.145 e. The molecule has 1 fully saturated rings. The average molecular weight is 264 g/mol. The van der Waals surface area contributed by atoms with Crippen LogP contribution in [0.1, 0.15) is 11.1 Å². The zero-order chi connectivity index (χ0) is 14.0. The van der Waals surface area contributed by atoms with E-state index in [2.05, 4.69) is 37.2 Å².